The molecule has 6 nitrogen and oxygen atoms in total. The average molecular weight is 328 g/mol. The highest BCUT2D eigenvalue weighted by atomic mass is 16.6. The summed E-state index contributed by atoms with van der Waals surface area (Å²) in [5.74, 6) is 0. The molecular weight excluding hydrogens is 304 g/mol. The fourth-order valence-electron chi connectivity index (χ4n) is 2.73. The number of benzene rings is 1. The molecule has 2 aromatic rings. The largest absolute Gasteiger partial charge is 0.445 e. The van der Waals surface area contributed by atoms with Gasteiger partial charge in [-0.3, -0.25) is 0 Å². The van der Waals surface area contributed by atoms with E-state index in [2.05, 4.69) is 31.1 Å². The minimum Gasteiger partial charge on any atom is -0.445 e. The third-order valence-electron chi connectivity index (χ3n) is 4.28. The molecule has 24 heavy (non-hydrogen) atoms. The Kier molecular flexibility index (Phi) is 4.55. The van der Waals surface area contributed by atoms with Gasteiger partial charge in [0.25, 0.3) is 0 Å². The summed E-state index contributed by atoms with van der Waals surface area (Å²) in [6.07, 6.45) is 2.59. The van der Waals surface area contributed by atoms with E-state index < -0.39 is 0 Å². The first-order valence-electron chi connectivity index (χ1n) is 8.31. The lowest BCUT2D eigenvalue weighted by Crippen LogP contribution is -2.29. The molecule has 128 valence electrons. The Morgan fingerprint density at radius 1 is 1.29 bits per heavy atom. The van der Waals surface area contributed by atoms with E-state index in [0.29, 0.717) is 19.7 Å². The maximum absolute atomic E-state index is 12.2. The second-order valence-corrected chi connectivity index (χ2v) is 7.26. The highest BCUT2D eigenvalue weighted by Crippen LogP contribution is 2.25. The van der Waals surface area contributed by atoms with Crippen molar-refractivity contribution in [3.8, 4) is 0 Å². The van der Waals surface area contributed by atoms with Crippen molar-refractivity contribution in [3.63, 3.8) is 0 Å². The molecule has 0 N–H and O–H groups in total. The normalized spacial score (nSPS) is 18.0. The van der Waals surface area contributed by atoms with Gasteiger partial charge in [0.1, 0.15) is 6.61 Å². The predicted octanol–water partition coefficient (Wildman–Crippen LogP) is 3.16. The number of nitrogens with zero attached hydrogens (tertiary/aromatic N) is 4. The summed E-state index contributed by atoms with van der Waals surface area (Å²) in [5.41, 5.74) is 1.94. The summed E-state index contributed by atoms with van der Waals surface area (Å²) in [4.78, 5) is 14.0. The van der Waals surface area contributed by atoms with Gasteiger partial charge in [0, 0.05) is 24.7 Å². The van der Waals surface area contributed by atoms with Crippen molar-refractivity contribution in [2.24, 2.45) is 0 Å². The van der Waals surface area contributed by atoms with Crippen LogP contribution in [0.2, 0.25) is 0 Å². The first-order chi connectivity index (χ1) is 11.4. The third-order valence-corrected chi connectivity index (χ3v) is 4.28. The summed E-state index contributed by atoms with van der Waals surface area (Å²) in [5, 5.41) is 8.50. The zero-order valence-corrected chi connectivity index (χ0v) is 14.5. The molecule has 1 amide bonds. The molecule has 1 fully saturated rings. The zero-order valence-electron chi connectivity index (χ0n) is 14.5. The van der Waals surface area contributed by atoms with E-state index in [0.717, 1.165) is 17.7 Å². The van der Waals surface area contributed by atoms with Crippen molar-refractivity contribution < 1.29 is 9.53 Å². The fraction of sp³-hybridized carbons (Fsp3) is 0.500. The van der Waals surface area contributed by atoms with Crippen molar-refractivity contribution in [3.05, 3.63) is 47.8 Å². The van der Waals surface area contributed by atoms with E-state index >= 15 is 0 Å². The average Bonchev–Trinajstić information content (AvgIpc) is 3.21. The smallest absolute Gasteiger partial charge is 0.410 e. The van der Waals surface area contributed by atoms with E-state index in [9.17, 15) is 4.79 Å². The third kappa shape index (κ3) is 3.75. The standard InChI is InChI=1S/C18H24N4O2/c1-18(2,3)16-12-22(20-19-16)15-9-10-21(11-15)17(23)24-13-14-7-5-4-6-8-14/h4-8,12,15H,9-11,13H2,1-3H3/t15-/m0/s1. The van der Waals surface area contributed by atoms with E-state index in [-0.39, 0.29) is 17.6 Å². The van der Waals surface area contributed by atoms with Gasteiger partial charge in [-0.15, -0.1) is 5.10 Å². The zero-order chi connectivity index (χ0) is 17.2. The molecule has 1 aliphatic heterocycles. The number of carbonyl (C=O) groups excluding carboxylic acids is 1. The molecule has 1 atom stereocenters. The van der Waals surface area contributed by atoms with Crippen LogP contribution >= 0.6 is 0 Å². The summed E-state index contributed by atoms with van der Waals surface area (Å²) in [6, 6.07) is 9.88. The van der Waals surface area contributed by atoms with E-state index in [1.807, 2.05) is 41.2 Å². The maximum Gasteiger partial charge on any atom is 0.410 e. The summed E-state index contributed by atoms with van der Waals surface area (Å²) < 4.78 is 7.28. The van der Waals surface area contributed by atoms with Gasteiger partial charge in [-0.2, -0.15) is 0 Å². The molecule has 1 aromatic carbocycles. The van der Waals surface area contributed by atoms with Gasteiger partial charge in [0.05, 0.1) is 11.7 Å². The number of amides is 1. The number of hydrogen-bond donors (Lipinski definition) is 0. The van der Waals surface area contributed by atoms with E-state index in [4.69, 9.17) is 4.74 Å². The Balaban J connectivity index is 1.55. The van der Waals surface area contributed by atoms with Crippen molar-refractivity contribution in [2.45, 2.75) is 45.3 Å². The highest BCUT2D eigenvalue weighted by molar-refractivity contribution is 5.68. The number of ether oxygens (including phenoxy) is 1. The maximum atomic E-state index is 12.2. The Morgan fingerprint density at radius 2 is 2.04 bits per heavy atom. The monoisotopic (exact) mass is 328 g/mol. The van der Waals surface area contributed by atoms with E-state index in [1.165, 1.54) is 0 Å². The first-order valence-corrected chi connectivity index (χ1v) is 8.31. The van der Waals surface area contributed by atoms with Crippen molar-refractivity contribution in [2.75, 3.05) is 13.1 Å². The van der Waals surface area contributed by atoms with Gasteiger partial charge in [0.15, 0.2) is 0 Å². The predicted molar refractivity (Wildman–Crippen MR) is 90.6 cm³/mol. The molecule has 6 heteroatoms. The SMILES string of the molecule is CC(C)(C)c1cn([C@H]2CCN(C(=O)OCc3ccccc3)C2)nn1. The number of rotatable bonds is 3. The summed E-state index contributed by atoms with van der Waals surface area (Å²) >= 11 is 0. The highest BCUT2D eigenvalue weighted by Gasteiger charge is 2.30. The minimum absolute atomic E-state index is 0.0227. The van der Waals surface area contributed by atoms with Crippen LogP contribution in [0.5, 0.6) is 0 Å². The molecule has 0 aliphatic carbocycles. The van der Waals surface area contributed by atoms with Crippen LogP contribution in [0.3, 0.4) is 0 Å². The van der Waals surface area contributed by atoms with Gasteiger partial charge in [-0.1, -0.05) is 56.3 Å². The Hall–Kier alpha value is -2.37. The Morgan fingerprint density at radius 3 is 2.71 bits per heavy atom. The van der Waals surface area contributed by atoms with Crippen LogP contribution in [0.25, 0.3) is 0 Å². The van der Waals surface area contributed by atoms with Gasteiger partial charge in [0.2, 0.25) is 0 Å². The lowest BCUT2D eigenvalue weighted by Gasteiger charge is -2.16. The Labute approximate surface area is 142 Å². The lowest BCUT2D eigenvalue weighted by molar-refractivity contribution is 0.103. The molecule has 0 saturated carbocycles. The molecule has 1 aromatic heterocycles. The topological polar surface area (TPSA) is 60.2 Å². The van der Waals surface area contributed by atoms with Crippen LogP contribution in [-0.4, -0.2) is 39.1 Å². The van der Waals surface area contributed by atoms with Crippen LogP contribution in [0.15, 0.2) is 36.5 Å². The summed E-state index contributed by atoms with van der Waals surface area (Å²) in [7, 11) is 0. The molecule has 0 bridgehead atoms. The summed E-state index contributed by atoms with van der Waals surface area (Å²) in [6.45, 7) is 7.94. The molecule has 2 heterocycles. The molecule has 1 saturated heterocycles. The molecule has 0 radical (unpaired) electrons. The molecule has 0 spiro atoms. The van der Waals surface area contributed by atoms with Gasteiger partial charge in [-0.25, -0.2) is 9.48 Å². The van der Waals surface area contributed by atoms with Gasteiger partial charge < -0.3 is 9.64 Å². The molecule has 0 unspecified atom stereocenters. The second-order valence-electron chi connectivity index (χ2n) is 7.26. The minimum atomic E-state index is -0.266. The van der Waals surface area contributed by atoms with Gasteiger partial charge in [-0.05, 0) is 12.0 Å². The quantitative estimate of drug-likeness (QED) is 0.868. The van der Waals surface area contributed by atoms with Crippen LogP contribution in [0.1, 0.15) is 44.5 Å². The van der Waals surface area contributed by atoms with Crippen molar-refractivity contribution in [1.82, 2.24) is 19.9 Å². The first kappa shape index (κ1) is 16.5. The van der Waals surface area contributed by atoms with Crippen LogP contribution < -0.4 is 0 Å². The number of hydrogen-bond acceptors (Lipinski definition) is 4. The number of carbonyl (C=O) groups is 1. The molecule has 1 aliphatic rings. The molecular formula is C18H24N4O2. The van der Waals surface area contributed by atoms with E-state index in [1.54, 1.807) is 4.90 Å². The van der Waals surface area contributed by atoms with Crippen LogP contribution in [-0.2, 0) is 16.8 Å². The van der Waals surface area contributed by atoms with Crippen molar-refractivity contribution >= 4 is 6.09 Å². The fourth-order valence-corrected chi connectivity index (χ4v) is 2.73. The van der Waals surface area contributed by atoms with Crippen LogP contribution in [0.4, 0.5) is 4.79 Å². The van der Waals surface area contributed by atoms with Crippen LogP contribution in [0, 0.1) is 0 Å². The molecule has 3 rings (SSSR count). The Bertz CT molecular complexity index is 691. The van der Waals surface area contributed by atoms with Crippen molar-refractivity contribution in [1.29, 1.82) is 0 Å². The number of likely N-dealkylation sites (tertiary alicyclic amines) is 1. The lowest BCUT2D eigenvalue weighted by atomic mass is 9.93. The van der Waals surface area contributed by atoms with Gasteiger partial charge >= 0.3 is 6.09 Å². The second kappa shape index (κ2) is 6.63. The number of aromatic nitrogens is 3.